The number of aromatic carboxylic acids is 1. The summed E-state index contributed by atoms with van der Waals surface area (Å²) in [6.07, 6.45) is 1.74. The van der Waals surface area contributed by atoms with Crippen LogP contribution in [0.2, 0.25) is 0 Å². The fraction of sp³-hybridized carbons (Fsp3) is 0.0833. The summed E-state index contributed by atoms with van der Waals surface area (Å²) in [5, 5.41) is 15.3. The number of hydrogen-bond donors (Lipinski definition) is 2. The summed E-state index contributed by atoms with van der Waals surface area (Å²) in [6.45, 7) is 0. The number of carboxylic acids is 1. The molecule has 0 atom stereocenters. The molecule has 90 valence electrons. The van der Waals surface area contributed by atoms with Gasteiger partial charge in [0.05, 0.1) is 23.1 Å². The Bertz CT molecular complexity index is 741. The fourth-order valence-electron chi connectivity index (χ4n) is 1.86. The van der Waals surface area contributed by atoms with Gasteiger partial charge in [0.15, 0.2) is 0 Å². The average Bonchev–Trinajstić information content (AvgIpc) is 2.96. The molecule has 0 spiro atoms. The van der Waals surface area contributed by atoms with Crippen molar-refractivity contribution in [1.82, 2.24) is 19.7 Å². The van der Waals surface area contributed by atoms with Crippen molar-refractivity contribution in [2.45, 2.75) is 0 Å². The van der Waals surface area contributed by atoms with Gasteiger partial charge in [-0.05, 0) is 18.2 Å². The van der Waals surface area contributed by atoms with E-state index in [0.29, 0.717) is 5.69 Å². The van der Waals surface area contributed by atoms with Gasteiger partial charge in [-0.15, -0.1) is 0 Å². The standard InChI is InChI=1S/C12H10N4O2/c1-16-6-13-8-3-2-7(4-11(8)16)9-5-10(12(17)18)15-14-9/h2-6H,1H3,(H,14,15)(H,17,18). The summed E-state index contributed by atoms with van der Waals surface area (Å²) in [7, 11) is 1.91. The molecule has 6 nitrogen and oxygen atoms in total. The number of carboxylic acid groups (broad SMARTS) is 1. The van der Waals surface area contributed by atoms with E-state index in [0.717, 1.165) is 16.6 Å². The Balaban J connectivity index is 2.12. The van der Waals surface area contributed by atoms with Crippen molar-refractivity contribution in [3.8, 4) is 11.3 Å². The molecular weight excluding hydrogens is 232 g/mol. The summed E-state index contributed by atoms with van der Waals surface area (Å²) in [5.41, 5.74) is 3.42. The molecule has 0 unspecified atom stereocenters. The third-order valence-electron chi connectivity index (χ3n) is 2.83. The maximum absolute atomic E-state index is 10.8. The van der Waals surface area contributed by atoms with E-state index in [1.165, 1.54) is 6.07 Å². The number of nitrogens with zero attached hydrogens (tertiary/aromatic N) is 3. The van der Waals surface area contributed by atoms with Gasteiger partial charge < -0.3 is 9.67 Å². The zero-order valence-electron chi connectivity index (χ0n) is 9.58. The minimum atomic E-state index is -1.02. The molecule has 1 aromatic carbocycles. The molecule has 0 bridgehead atoms. The van der Waals surface area contributed by atoms with Crippen molar-refractivity contribution in [2.24, 2.45) is 7.05 Å². The summed E-state index contributed by atoms with van der Waals surface area (Å²) in [5.74, 6) is -1.02. The lowest BCUT2D eigenvalue weighted by Crippen LogP contribution is -1.95. The van der Waals surface area contributed by atoms with E-state index in [9.17, 15) is 4.79 Å². The van der Waals surface area contributed by atoms with Crippen LogP contribution in [0.15, 0.2) is 30.6 Å². The number of nitrogens with one attached hydrogen (secondary N) is 1. The number of imidazole rings is 1. The van der Waals surface area contributed by atoms with Crippen LogP contribution in [-0.4, -0.2) is 30.8 Å². The first-order valence-electron chi connectivity index (χ1n) is 5.35. The van der Waals surface area contributed by atoms with Gasteiger partial charge in [-0.25, -0.2) is 9.78 Å². The zero-order chi connectivity index (χ0) is 12.7. The van der Waals surface area contributed by atoms with Gasteiger partial charge in [0.25, 0.3) is 0 Å². The van der Waals surface area contributed by atoms with E-state index in [1.807, 2.05) is 29.8 Å². The molecule has 0 radical (unpaired) electrons. The second-order valence-corrected chi connectivity index (χ2v) is 4.03. The first-order chi connectivity index (χ1) is 8.65. The lowest BCUT2D eigenvalue weighted by Gasteiger charge is -1.98. The Labute approximate surface area is 102 Å². The van der Waals surface area contributed by atoms with Gasteiger partial charge in [-0.1, -0.05) is 6.07 Å². The minimum absolute atomic E-state index is 0.0788. The number of hydrogen-bond acceptors (Lipinski definition) is 3. The van der Waals surface area contributed by atoms with Crippen LogP contribution in [0.5, 0.6) is 0 Å². The Morgan fingerprint density at radius 2 is 2.22 bits per heavy atom. The molecule has 0 saturated heterocycles. The number of aryl methyl sites for hydroxylation is 1. The second kappa shape index (κ2) is 3.69. The molecule has 6 heteroatoms. The monoisotopic (exact) mass is 242 g/mol. The van der Waals surface area contributed by atoms with Gasteiger partial charge in [0, 0.05) is 12.6 Å². The molecule has 3 aromatic rings. The van der Waals surface area contributed by atoms with E-state index in [4.69, 9.17) is 5.11 Å². The van der Waals surface area contributed by atoms with Crippen LogP contribution in [0.3, 0.4) is 0 Å². The van der Waals surface area contributed by atoms with Crippen molar-refractivity contribution in [1.29, 1.82) is 0 Å². The van der Waals surface area contributed by atoms with Crippen molar-refractivity contribution < 1.29 is 9.90 Å². The third kappa shape index (κ3) is 1.55. The molecule has 0 aliphatic carbocycles. The van der Waals surface area contributed by atoms with E-state index < -0.39 is 5.97 Å². The van der Waals surface area contributed by atoms with E-state index >= 15 is 0 Å². The van der Waals surface area contributed by atoms with Crippen LogP contribution in [-0.2, 0) is 7.05 Å². The molecule has 2 aromatic heterocycles. The maximum Gasteiger partial charge on any atom is 0.353 e. The maximum atomic E-state index is 10.8. The van der Waals surface area contributed by atoms with Crippen molar-refractivity contribution in [2.75, 3.05) is 0 Å². The van der Waals surface area contributed by atoms with Gasteiger partial charge in [-0.2, -0.15) is 5.10 Å². The molecule has 3 rings (SSSR count). The highest BCUT2D eigenvalue weighted by molar-refractivity contribution is 5.88. The Morgan fingerprint density at radius 3 is 2.94 bits per heavy atom. The minimum Gasteiger partial charge on any atom is -0.477 e. The fourth-order valence-corrected chi connectivity index (χ4v) is 1.86. The number of H-pyrrole nitrogens is 1. The summed E-state index contributed by atoms with van der Waals surface area (Å²) >= 11 is 0. The van der Waals surface area contributed by atoms with Crippen LogP contribution < -0.4 is 0 Å². The first-order valence-corrected chi connectivity index (χ1v) is 5.35. The lowest BCUT2D eigenvalue weighted by molar-refractivity contribution is 0.0690. The van der Waals surface area contributed by atoms with E-state index in [1.54, 1.807) is 6.33 Å². The van der Waals surface area contributed by atoms with Crippen LogP contribution >= 0.6 is 0 Å². The van der Waals surface area contributed by atoms with Gasteiger partial charge in [-0.3, -0.25) is 5.10 Å². The number of aromatic amines is 1. The highest BCUT2D eigenvalue weighted by Gasteiger charge is 2.10. The number of rotatable bonds is 2. The SMILES string of the molecule is Cn1cnc2ccc(-c3cc(C(=O)O)[nH]n3)cc21. The number of carbonyl (C=O) groups is 1. The normalized spacial score (nSPS) is 10.9. The van der Waals surface area contributed by atoms with Crippen molar-refractivity contribution in [3.05, 3.63) is 36.3 Å². The highest BCUT2D eigenvalue weighted by atomic mass is 16.4. The van der Waals surface area contributed by atoms with Crippen LogP contribution in [0.4, 0.5) is 0 Å². The van der Waals surface area contributed by atoms with Crippen molar-refractivity contribution >= 4 is 17.0 Å². The highest BCUT2D eigenvalue weighted by Crippen LogP contribution is 2.22. The van der Waals surface area contributed by atoms with Gasteiger partial charge in [0.2, 0.25) is 0 Å². The molecule has 2 heterocycles. The molecular formula is C12H10N4O2. The van der Waals surface area contributed by atoms with E-state index in [-0.39, 0.29) is 5.69 Å². The first kappa shape index (κ1) is 10.5. The Morgan fingerprint density at radius 1 is 1.39 bits per heavy atom. The molecule has 0 aliphatic heterocycles. The lowest BCUT2D eigenvalue weighted by atomic mass is 10.1. The number of aromatic nitrogens is 4. The molecule has 2 N–H and O–H groups in total. The molecule has 18 heavy (non-hydrogen) atoms. The predicted molar refractivity (Wildman–Crippen MR) is 65.3 cm³/mol. The van der Waals surface area contributed by atoms with Crippen LogP contribution in [0.1, 0.15) is 10.5 Å². The number of fused-ring (bicyclic) bond motifs is 1. The summed E-state index contributed by atoms with van der Waals surface area (Å²) < 4.78 is 1.91. The molecule has 0 fully saturated rings. The zero-order valence-corrected chi connectivity index (χ0v) is 9.58. The largest absolute Gasteiger partial charge is 0.477 e. The topological polar surface area (TPSA) is 83.8 Å². The molecule has 0 saturated carbocycles. The van der Waals surface area contributed by atoms with E-state index in [2.05, 4.69) is 15.2 Å². The Hall–Kier alpha value is -2.63. The predicted octanol–water partition coefficient (Wildman–Crippen LogP) is 1.66. The van der Waals surface area contributed by atoms with Crippen LogP contribution in [0.25, 0.3) is 22.3 Å². The number of benzene rings is 1. The quantitative estimate of drug-likeness (QED) is 0.715. The average molecular weight is 242 g/mol. The van der Waals surface area contributed by atoms with Gasteiger partial charge in [0.1, 0.15) is 5.69 Å². The van der Waals surface area contributed by atoms with Gasteiger partial charge >= 0.3 is 5.97 Å². The molecule has 0 aliphatic rings. The smallest absolute Gasteiger partial charge is 0.353 e. The van der Waals surface area contributed by atoms with Crippen molar-refractivity contribution in [3.63, 3.8) is 0 Å². The third-order valence-corrected chi connectivity index (χ3v) is 2.83. The second-order valence-electron chi connectivity index (χ2n) is 4.03. The molecule has 0 amide bonds. The van der Waals surface area contributed by atoms with Crippen LogP contribution in [0, 0.1) is 0 Å². The summed E-state index contributed by atoms with van der Waals surface area (Å²) in [6, 6.07) is 7.21. The Kier molecular flexibility index (Phi) is 2.16. The summed E-state index contributed by atoms with van der Waals surface area (Å²) in [4.78, 5) is 15.0.